The van der Waals surface area contributed by atoms with E-state index in [1.807, 2.05) is 50.3 Å². The summed E-state index contributed by atoms with van der Waals surface area (Å²) >= 11 is 0. The highest BCUT2D eigenvalue weighted by Gasteiger charge is 2.20. The van der Waals surface area contributed by atoms with Crippen LogP contribution in [0.3, 0.4) is 0 Å². The number of aliphatic hydroxyl groups is 1. The summed E-state index contributed by atoms with van der Waals surface area (Å²) in [5.74, 6) is 0.975. The van der Waals surface area contributed by atoms with Crippen LogP contribution in [0.5, 0.6) is 5.75 Å². The minimum Gasteiger partial charge on any atom is -0.494 e. The molecule has 0 saturated carbocycles. The van der Waals surface area contributed by atoms with Gasteiger partial charge in [-0.15, -0.1) is 0 Å². The fraction of sp³-hybridized carbons (Fsp3) is 0.471. The second-order valence-electron chi connectivity index (χ2n) is 5.51. The minimum atomic E-state index is -0.199. The largest absolute Gasteiger partial charge is 0.494 e. The van der Waals surface area contributed by atoms with Crippen LogP contribution in [0.15, 0.2) is 36.4 Å². The van der Waals surface area contributed by atoms with Gasteiger partial charge in [0.2, 0.25) is 0 Å². The van der Waals surface area contributed by atoms with E-state index in [0.717, 1.165) is 17.7 Å². The maximum absolute atomic E-state index is 12.0. The second-order valence-corrected chi connectivity index (χ2v) is 5.51. The normalized spacial score (nSPS) is 21.4. The van der Waals surface area contributed by atoms with Crippen LogP contribution in [0.1, 0.15) is 31.9 Å². The molecule has 0 aliphatic heterocycles. The van der Waals surface area contributed by atoms with Gasteiger partial charge in [-0.2, -0.15) is 0 Å². The van der Waals surface area contributed by atoms with Crippen molar-refractivity contribution in [2.45, 2.75) is 32.4 Å². The molecule has 1 aromatic carbocycles. The van der Waals surface area contributed by atoms with E-state index < -0.39 is 0 Å². The predicted octanol–water partition coefficient (Wildman–Crippen LogP) is 2.38. The Morgan fingerprint density at radius 1 is 1.36 bits per heavy atom. The van der Waals surface area contributed by atoms with Crippen LogP contribution < -0.4 is 15.4 Å². The molecule has 0 fully saturated rings. The Labute approximate surface area is 131 Å². The lowest BCUT2D eigenvalue weighted by Gasteiger charge is -2.18. The van der Waals surface area contributed by atoms with E-state index in [9.17, 15) is 4.79 Å². The number of benzene rings is 1. The summed E-state index contributed by atoms with van der Waals surface area (Å²) in [6.07, 6.45) is 4.63. The van der Waals surface area contributed by atoms with Gasteiger partial charge in [0.25, 0.3) is 0 Å². The monoisotopic (exact) mass is 304 g/mol. The van der Waals surface area contributed by atoms with Crippen molar-refractivity contribution in [2.75, 3.05) is 13.2 Å². The zero-order valence-electron chi connectivity index (χ0n) is 13.1. The molecule has 5 nitrogen and oxygen atoms in total. The van der Waals surface area contributed by atoms with Gasteiger partial charge in [-0.05, 0) is 38.0 Å². The number of hydrogen-bond acceptors (Lipinski definition) is 3. The number of hydrogen-bond donors (Lipinski definition) is 3. The van der Waals surface area contributed by atoms with E-state index in [-0.39, 0.29) is 30.6 Å². The van der Waals surface area contributed by atoms with Crippen molar-refractivity contribution >= 4 is 6.03 Å². The summed E-state index contributed by atoms with van der Waals surface area (Å²) in [4.78, 5) is 12.0. The Hall–Kier alpha value is -2.01. The van der Waals surface area contributed by atoms with Crippen LogP contribution >= 0.6 is 0 Å². The molecule has 0 saturated heterocycles. The highest BCUT2D eigenvalue weighted by atomic mass is 16.5. The maximum Gasteiger partial charge on any atom is 0.315 e. The summed E-state index contributed by atoms with van der Waals surface area (Å²) < 4.78 is 5.40. The van der Waals surface area contributed by atoms with Gasteiger partial charge in [0, 0.05) is 18.6 Å². The van der Waals surface area contributed by atoms with Gasteiger partial charge >= 0.3 is 6.03 Å². The first-order valence-electron chi connectivity index (χ1n) is 7.71. The number of carbonyl (C=O) groups excluding carboxylic acids is 1. The van der Waals surface area contributed by atoms with Gasteiger partial charge in [-0.25, -0.2) is 4.79 Å². The van der Waals surface area contributed by atoms with Crippen LogP contribution in [0.25, 0.3) is 0 Å². The molecule has 3 atom stereocenters. The third kappa shape index (κ3) is 4.49. The predicted molar refractivity (Wildman–Crippen MR) is 85.8 cm³/mol. The summed E-state index contributed by atoms with van der Waals surface area (Å²) in [5.41, 5.74) is 1.02. The lowest BCUT2D eigenvalue weighted by Crippen LogP contribution is -2.41. The average molecular weight is 304 g/mol. The van der Waals surface area contributed by atoms with Crippen LogP contribution in [0.2, 0.25) is 0 Å². The Balaban J connectivity index is 1.82. The Morgan fingerprint density at radius 2 is 2.09 bits per heavy atom. The van der Waals surface area contributed by atoms with E-state index in [1.54, 1.807) is 0 Å². The first-order valence-corrected chi connectivity index (χ1v) is 7.71. The standard InChI is InChI=1S/C17H24N2O3/c1-3-22-16-8-5-14(6-9-16)12(2)18-17(21)19-15-7-4-13(10-15)11-20/h4-9,12-13,15,20H,3,10-11H2,1-2H3,(H2,18,19,21)/t12?,13-,15+/m0/s1. The molecule has 0 heterocycles. The maximum atomic E-state index is 12.0. The molecule has 0 aromatic heterocycles. The van der Waals surface area contributed by atoms with Crippen molar-refractivity contribution in [1.29, 1.82) is 0 Å². The molecule has 1 unspecified atom stereocenters. The highest BCUT2D eigenvalue weighted by molar-refractivity contribution is 5.75. The van der Waals surface area contributed by atoms with E-state index in [1.165, 1.54) is 0 Å². The Morgan fingerprint density at radius 3 is 2.68 bits per heavy atom. The molecule has 2 rings (SSSR count). The summed E-state index contributed by atoms with van der Waals surface area (Å²) in [5, 5.41) is 14.9. The van der Waals surface area contributed by atoms with Crippen molar-refractivity contribution in [3.05, 3.63) is 42.0 Å². The number of carbonyl (C=O) groups is 1. The van der Waals surface area contributed by atoms with E-state index in [4.69, 9.17) is 9.84 Å². The molecule has 1 aromatic rings. The summed E-state index contributed by atoms with van der Waals surface area (Å²) in [6, 6.07) is 7.41. The fourth-order valence-electron chi connectivity index (χ4n) is 2.53. The smallest absolute Gasteiger partial charge is 0.315 e. The SMILES string of the molecule is CCOc1ccc(C(C)NC(=O)N[C@@H]2C=C[C@H](CO)C2)cc1. The number of urea groups is 1. The second kappa shape index (κ2) is 7.84. The van der Waals surface area contributed by atoms with Gasteiger partial charge in [0.15, 0.2) is 0 Å². The number of rotatable bonds is 6. The molecule has 120 valence electrons. The van der Waals surface area contributed by atoms with Gasteiger partial charge in [-0.3, -0.25) is 0 Å². The Bertz CT molecular complexity index is 513. The Kier molecular flexibility index (Phi) is 5.83. The van der Waals surface area contributed by atoms with Gasteiger partial charge < -0.3 is 20.5 Å². The summed E-state index contributed by atoms with van der Waals surface area (Å²) in [6.45, 7) is 4.65. The molecule has 0 radical (unpaired) electrons. The number of aliphatic hydroxyl groups excluding tert-OH is 1. The molecule has 0 bridgehead atoms. The molecule has 2 amide bonds. The van der Waals surface area contributed by atoms with E-state index >= 15 is 0 Å². The lowest BCUT2D eigenvalue weighted by atomic mass is 10.1. The molecular formula is C17H24N2O3. The molecule has 5 heteroatoms. The van der Waals surface area contributed by atoms with Crippen molar-refractivity contribution in [1.82, 2.24) is 10.6 Å². The van der Waals surface area contributed by atoms with Crippen LogP contribution in [-0.2, 0) is 0 Å². The van der Waals surface area contributed by atoms with Crippen LogP contribution in [0.4, 0.5) is 4.79 Å². The number of nitrogens with one attached hydrogen (secondary N) is 2. The highest BCUT2D eigenvalue weighted by Crippen LogP contribution is 2.19. The van der Waals surface area contributed by atoms with E-state index in [0.29, 0.717) is 6.61 Å². The molecule has 0 spiro atoms. The van der Waals surface area contributed by atoms with Gasteiger partial charge in [-0.1, -0.05) is 24.3 Å². The van der Waals surface area contributed by atoms with E-state index in [2.05, 4.69) is 10.6 Å². The van der Waals surface area contributed by atoms with Crippen molar-refractivity contribution in [2.24, 2.45) is 5.92 Å². The number of ether oxygens (including phenoxy) is 1. The molecule has 22 heavy (non-hydrogen) atoms. The third-order valence-corrected chi connectivity index (χ3v) is 3.76. The molecule has 1 aliphatic rings. The molecular weight excluding hydrogens is 280 g/mol. The first kappa shape index (κ1) is 16.4. The molecule has 3 N–H and O–H groups in total. The van der Waals surface area contributed by atoms with Gasteiger partial charge in [0.1, 0.15) is 5.75 Å². The fourth-order valence-corrected chi connectivity index (χ4v) is 2.53. The van der Waals surface area contributed by atoms with Crippen molar-refractivity contribution in [3.8, 4) is 5.75 Å². The van der Waals surface area contributed by atoms with Crippen molar-refractivity contribution in [3.63, 3.8) is 0 Å². The first-order chi connectivity index (χ1) is 10.6. The van der Waals surface area contributed by atoms with Crippen LogP contribution in [0, 0.1) is 5.92 Å². The van der Waals surface area contributed by atoms with Crippen LogP contribution in [-0.4, -0.2) is 30.4 Å². The quantitative estimate of drug-likeness (QED) is 0.707. The third-order valence-electron chi connectivity index (χ3n) is 3.76. The summed E-state index contributed by atoms with van der Waals surface area (Å²) in [7, 11) is 0. The zero-order chi connectivity index (χ0) is 15.9. The van der Waals surface area contributed by atoms with Gasteiger partial charge in [0.05, 0.1) is 12.6 Å². The average Bonchev–Trinajstić information content (AvgIpc) is 2.95. The van der Waals surface area contributed by atoms with Crippen molar-refractivity contribution < 1.29 is 14.6 Å². The zero-order valence-corrected chi connectivity index (χ0v) is 13.1. The minimum absolute atomic E-state index is 0.00956. The topological polar surface area (TPSA) is 70.6 Å². The lowest BCUT2D eigenvalue weighted by molar-refractivity contribution is 0.229. The molecule has 1 aliphatic carbocycles. The number of amides is 2.